The molecule has 12 heteroatoms. The van der Waals surface area contributed by atoms with Crippen LogP contribution in [0.25, 0.3) is 11.3 Å². The molecule has 9 nitrogen and oxygen atoms in total. The Kier molecular flexibility index (Phi) is 7.79. The molecular weight excluding hydrogens is 524 g/mol. The summed E-state index contributed by atoms with van der Waals surface area (Å²) in [6, 6.07) is 6.22. The van der Waals surface area contributed by atoms with Crippen molar-refractivity contribution < 1.29 is 17.2 Å². The zero-order chi connectivity index (χ0) is 27.7. The van der Waals surface area contributed by atoms with Gasteiger partial charge in [-0.1, -0.05) is 13.0 Å². The Bertz CT molecular complexity index is 1440. The van der Waals surface area contributed by atoms with Gasteiger partial charge in [-0.2, -0.15) is 0 Å². The van der Waals surface area contributed by atoms with Gasteiger partial charge in [-0.05, 0) is 44.2 Å². The van der Waals surface area contributed by atoms with E-state index in [0.29, 0.717) is 5.82 Å². The van der Waals surface area contributed by atoms with Gasteiger partial charge in [0, 0.05) is 57.1 Å². The summed E-state index contributed by atoms with van der Waals surface area (Å²) in [7, 11) is -3.78. The number of fused-ring (bicyclic) bond motifs is 1. The van der Waals surface area contributed by atoms with E-state index in [4.69, 9.17) is 0 Å². The van der Waals surface area contributed by atoms with Gasteiger partial charge in [-0.25, -0.2) is 32.2 Å². The van der Waals surface area contributed by atoms with Crippen molar-refractivity contribution in [3.8, 4) is 11.3 Å². The van der Waals surface area contributed by atoms with Gasteiger partial charge in [0.15, 0.2) is 15.7 Å². The predicted octanol–water partition coefficient (Wildman–Crippen LogP) is 3.70. The molecule has 0 saturated carbocycles. The number of hydrogen-bond donors (Lipinski definition) is 1. The minimum atomic E-state index is -3.78. The summed E-state index contributed by atoms with van der Waals surface area (Å²) in [5, 5.41) is 2.98. The Morgan fingerprint density at radius 3 is 2.38 bits per heavy atom. The van der Waals surface area contributed by atoms with Crippen LogP contribution >= 0.6 is 0 Å². The lowest BCUT2D eigenvalue weighted by atomic mass is 10.1. The van der Waals surface area contributed by atoms with Crippen LogP contribution in [0.4, 0.5) is 26.2 Å². The number of pyridine rings is 1. The van der Waals surface area contributed by atoms with Gasteiger partial charge in [0.2, 0.25) is 5.95 Å². The standard InChI is InChI=1S/C27H33F2N7O2S/c1-4-34-7-9-35(10-8-34)17-19-5-6-24(30-15-19)32-27-31-16-22(29)25(33-27)20-13-21(28)26-23(14-20)36(18(2)3)11-12-39(26,37)38/h5-6,13-16,18H,4,7-12,17H2,1-3H3,(H,30,31,32,33). The van der Waals surface area contributed by atoms with E-state index in [1.165, 1.54) is 6.07 Å². The number of nitrogens with one attached hydrogen (secondary N) is 1. The fraction of sp³-hybridized carbons (Fsp3) is 0.444. The van der Waals surface area contributed by atoms with Crippen LogP contribution in [-0.4, -0.2) is 84.2 Å². The van der Waals surface area contributed by atoms with Crippen molar-refractivity contribution in [1.29, 1.82) is 0 Å². The second-order valence-electron chi connectivity index (χ2n) is 10.2. The first-order valence-electron chi connectivity index (χ1n) is 13.2. The number of rotatable bonds is 7. The summed E-state index contributed by atoms with van der Waals surface area (Å²) in [5.41, 5.74) is 1.29. The van der Waals surface area contributed by atoms with Crippen LogP contribution in [0.3, 0.4) is 0 Å². The minimum absolute atomic E-state index is 0.0728. The van der Waals surface area contributed by atoms with Crippen LogP contribution in [0.2, 0.25) is 0 Å². The summed E-state index contributed by atoms with van der Waals surface area (Å²) in [5.74, 6) is -1.27. The lowest BCUT2D eigenvalue weighted by Crippen LogP contribution is -2.45. The molecule has 2 aliphatic heterocycles. The van der Waals surface area contributed by atoms with Crippen molar-refractivity contribution >= 4 is 27.3 Å². The largest absolute Gasteiger partial charge is 0.367 e. The molecule has 0 spiro atoms. The molecule has 1 aromatic carbocycles. The lowest BCUT2D eigenvalue weighted by Gasteiger charge is -2.34. The van der Waals surface area contributed by atoms with Crippen molar-refractivity contribution in [2.24, 2.45) is 0 Å². The first-order valence-corrected chi connectivity index (χ1v) is 14.8. The number of benzene rings is 1. The third-order valence-electron chi connectivity index (χ3n) is 7.27. The highest BCUT2D eigenvalue weighted by molar-refractivity contribution is 7.91. The molecule has 0 atom stereocenters. The first-order chi connectivity index (χ1) is 18.6. The molecule has 39 heavy (non-hydrogen) atoms. The van der Waals surface area contributed by atoms with E-state index in [1.54, 1.807) is 11.1 Å². The number of piperazine rings is 1. The molecule has 4 heterocycles. The molecule has 1 N–H and O–H groups in total. The molecule has 2 aliphatic rings. The average Bonchev–Trinajstić information content (AvgIpc) is 2.90. The molecule has 1 fully saturated rings. The predicted molar refractivity (Wildman–Crippen MR) is 147 cm³/mol. The van der Waals surface area contributed by atoms with Crippen LogP contribution < -0.4 is 10.2 Å². The minimum Gasteiger partial charge on any atom is -0.367 e. The average molecular weight is 558 g/mol. The third-order valence-corrected chi connectivity index (χ3v) is 9.02. The molecule has 0 aliphatic carbocycles. The number of anilines is 3. The fourth-order valence-corrected chi connectivity index (χ4v) is 6.56. The van der Waals surface area contributed by atoms with Crippen molar-refractivity contribution in [1.82, 2.24) is 24.8 Å². The normalized spacial score (nSPS) is 17.8. The number of halogens is 2. The van der Waals surface area contributed by atoms with E-state index in [0.717, 1.165) is 57.1 Å². The maximum Gasteiger partial charge on any atom is 0.229 e. The summed E-state index contributed by atoms with van der Waals surface area (Å²) in [6.07, 6.45) is 2.79. The topological polar surface area (TPSA) is 94.6 Å². The molecular formula is C27H33F2N7O2S. The van der Waals surface area contributed by atoms with Gasteiger partial charge >= 0.3 is 0 Å². The van der Waals surface area contributed by atoms with Crippen molar-refractivity contribution in [3.63, 3.8) is 0 Å². The Morgan fingerprint density at radius 1 is 0.974 bits per heavy atom. The Morgan fingerprint density at radius 2 is 1.72 bits per heavy atom. The molecule has 208 valence electrons. The summed E-state index contributed by atoms with van der Waals surface area (Å²) < 4.78 is 55.2. The zero-order valence-corrected chi connectivity index (χ0v) is 23.2. The SMILES string of the molecule is CCN1CCN(Cc2ccc(Nc3ncc(F)c(-c4cc(F)c5c(c4)N(C(C)C)CCS5(=O)=O)n3)nc2)CC1. The second-order valence-corrected chi connectivity index (χ2v) is 12.2. The molecule has 0 unspecified atom stereocenters. The van der Waals surface area contributed by atoms with E-state index in [2.05, 4.69) is 37.0 Å². The summed E-state index contributed by atoms with van der Waals surface area (Å²) in [4.78, 5) is 19.0. The second kappa shape index (κ2) is 11.1. The Labute approximate surface area is 227 Å². The maximum absolute atomic E-state index is 15.2. The van der Waals surface area contributed by atoms with Crippen LogP contribution in [0.15, 0.2) is 41.6 Å². The quantitative estimate of drug-likeness (QED) is 0.467. The maximum atomic E-state index is 15.2. The number of likely N-dealkylation sites (N-methyl/N-ethyl adjacent to an activating group) is 1. The molecule has 3 aromatic rings. The van der Waals surface area contributed by atoms with Gasteiger partial charge in [0.1, 0.15) is 22.2 Å². The Balaban J connectivity index is 1.36. The van der Waals surface area contributed by atoms with Gasteiger partial charge in [-0.3, -0.25) is 4.90 Å². The van der Waals surface area contributed by atoms with E-state index >= 15 is 4.39 Å². The van der Waals surface area contributed by atoms with Crippen molar-refractivity contribution in [3.05, 3.63) is 53.9 Å². The molecule has 2 aromatic heterocycles. The fourth-order valence-electron chi connectivity index (χ4n) is 5.07. The van der Waals surface area contributed by atoms with Gasteiger partial charge < -0.3 is 15.1 Å². The molecule has 0 radical (unpaired) electrons. The monoisotopic (exact) mass is 557 g/mol. The van der Waals surface area contributed by atoms with Crippen LogP contribution in [0.5, 0.6) is 0 Å². The summed E-state index contributed by atoms with van der Waals surface area (Å²) >= 11 is 0. The zero-order valence-electron chi connectivity index (χ0n) is 22.4. The van der Waals surface area contributed by atoms with Gasteiger partial charge in [0.25, 0.3) is 0 Å². The molecule has 1 saturated heterocycles. The van der Waals surface area contributed by atoms with Gasteiger partial charge in [0.05, 0.1) is 17.6 Å². The van der Waals surface area contributed by atoms with Crippen molar-refractivity contribution in [2.45, 2.75) is 38.3 Å². The first kappa shape index (κ1) is 27.4. The van der Waals surface area contributed by atoms with E-state index in [-0.39, 0.29) is 46.1 Å². The number of sulfone groups is 1. The molecule has 0 bridgehead atoms. The van der Waals surface area contributed by atoms with Crippen LogP contribution in [0.1, 0.15) is 26.3 Å². The highest BCUT2D eigenvalue weighted by Crippen LogP contribution is 2.38. The highest BCUT2D eigenvalue weighted by Gasteiger charge is 2.33. The Hall–Kier alpha value is -3.22. The molecule has 0 amide bonds. The summed E-state index contributed by atoms with van der Waals surface area (Å²) in [6.45, 7) is 12.2. The van der Waals surface area contributed by atoms with Crippen molar-refractivity contribution in [2.75, 3.05) is 55.2 Å². The van der Waals surface area contributed by atoms with E-state index in [9.17, 15) is 12.8 Å². The number of aromatic nitrogens is 3. The van der Waals surface area contributed by atoms with Crippen LogP contribution in [-0.2, 0) is 16.4 Å². The van der Waals surface area contributed by atoms with E-state index < -0.39 is 21.5 Å². The smallest absolute Gasteiger partial charge is 0.229 e. The highest BCUT2D eigenvalue weighted by atomic mass is 32.2. The van der Waals surface area contributed by atoms with E-state index in [1.807, 2.05) is 26.0 Å². The lowest BCUT2D eigenvalue weighted by molar-refractivity contribution is 0.132. The van der Waals surface area contributed by atoms with Crippen LogP contribution in [0, 0.1) is 11.6 Å². The molecule has 5 rings (SSSR count). The number of nitrogens with zero attached hydrogens (tertiary/aromatic N) is 6. The number of hydrogen-bond acceptors (Lipinski definition) is 9. The van der Waals surface area contributed by atoms with Gasteiger partial charge in [-0.15, -0.1) is 0 Å². The third kappa shape index (κ3) is 5.87.